The minimum Gasteiger partial charge on any atom is -0.271 e. The second-order valence-corrected chi connectivity index (χ2v) is 7.69. The highest BCUT2D eigenvalue weighted by Gasteiger charge is 2.18. The van der Waals surface area contributed by atoms with Crippen LogP contribution in [0.4, 0.5) is 0 Å². The monoisotopic (exact) mass is 306 g/mol. The van der Waals surface area contributed by atoms with Gasteiger partial charge >= 0.3 is 0 Å². The maximum Gasteiger partial charge on any atom is 0.150 e. The molecule has 0 fully saturated rings. The van der Waals surface area contributed by atoms with E-state index in [2.05, 4.69) is 21.9 Å². The van der Waals surface area contributed by atoms with Gasteiger partial charge in [-0.15, -0.1) is 5.10 Å². The number of sulfone groups is 1. The van der Waals surface area contributed by atoms with Crippen molar-refractivity contribution in [3.05, 3.63) is 10.6 Å². The average molecular weight is 306 g/mol. The molecule has 0 aromatic carbocycles. The van der Waals surface area contributed by atoms with Crippen LogP contribution in [0.3, 0.4) is 0 Å². The fraction of sp³-hybridized carbons (Fsp3) is 0.818. The largest absolute Gasteiger partial charge is 0.271 e. The van der Waals surface area contributed by atoms with Crippen molar-refractivity contribution in [2.45, 2.75) is 45.6 Å². The molecule has 0 aliphatic carbocycles. The van der Waals surface area contributed by atoms with Crippen LogP contribution in [0.15, 0.2) is 0 Å². The molecule has 1 aromatic rings. The zero-order chi connectivity index (χ0) is 14.3. The van der Waals surface area contributed by atoms with Gasteiger partial charge in [-0.1, -0.05) is 24.8 Å². The lowest BCUT2D eigenvalue weighted by molar-refractivity contribution is 0.509. The van der Waals surface area contributed by atoms with Crippen LogP contribution in [0.2, 0.25) is 0 Å². The molecule has 0 bridgehead atoms. The molecule has 1 rings (SSSR count). The summed E-state index contributed by atoms with van der Waals surface area (Å²) in [5.74, 6) is 5.96. The topological polar surface area (TPSA) is 98.0 Å². The molecule has 19 heavy (non-hydrogen) atoms. The summed E-state index contributed by atoms with van der Waals surface area (Å²) >= 11 is 1.33. The van der Waals surface area contributed by atoms with E-state index in [0.717, 1.165) is 23.4 Å². The quantitative estimate of drug-likeness (QED) is 0.525. The third-order valence-corrected chi connectivity index (χ3v) is 5.65. The van der Waals surface area contributed by atoms with Crippen LogP contribution in [0.25, 0.3) is 0 Å². The smallest absolute Gasteiger partial charge is 0.150 e. The zero-order valence-corrected chi connectivity index (χ0v) is 13.1. The molecule has 8 heteroatoms. The van der Waals surface area contributed by atoms with Crippen LogP contribution in [-0.4, -0.2) is 29.5 Å². The van der Waals surface area contributed by atoms with Crippen LogP contribution in [-0.2, 0) is 16.3 Å². The van der Waals surface area contributed by atoms with Gasteiger partial charge in [0, 0.05) is 5.75 Å². The number of rotatable bonds is 9. The number of aromatic nitrogens is 2. The van der Waals surface area contributed by atoms with Crippen LogP contribution in [0.1, 0.15) is 49.7 Å². The molecule has 1 heterocycles. The number of nitrogens with zero attached hydrogens (tertiary/aromatic N) is 2. The third kappa shape index (κ3) is 5.13. The Morgan fingerprint density at radius 1 is 1.42 bits per heavy atom. The van der Waals surface area contributed by atoms with E-state index in [1.54, 1.807) is 6.92 Å². The summed E-state index contributed by atoms with van der Waals surface area (Å²) in [6.07, 6.45) is 3.14. The minimum absolute atomic E-state index is 0.0615. The molecule has 0 aliphatic heterocycles. The molecular formula is C11H22N4O2S2. The fourth-order valence-corrected chi connectivity index (χ4v) is 3.52. The Morgan fingerprint density at radius 2 is 2.16 bits per heavy atom. The molecule has 0 aliphatic rings. The van der Waals surface area contributed by atoms with E-state index in [1.807, 2.05) is 0 Å². The van der Waals surface area contributed by atoms with Crippen LogP contribution in [0, 0.1) is 0 Å². The van der Waals surface area contributed by atoms with Crippen molar-refractivity contribution in [1.82, 2.24) is 15.0 Å². The first-order valence-electron chi connectivity index (χ1n) is 6.51. The lowest BCUT2D eigenvalue weighted by Gasteiger charge is -2.14. The summed E-state index contributed by atoms with van der Waals surface area (Å²) in [7, 11) is -2.91. The van der Waals surface area contributed by atoms with Gasteiger partial charge in [-0.2, -0.15) is 0 Å². The standard InChI is InChI=1S/C11H22N4O2S2/c1-3-6-10-11(18-15-14-10)9(13-12)7-5-8-19(16,17)4-2/h9,13H,3-8,12H2,1-2H3. The molecule has 1 aromatic heterocycles. The van der Waals surface area contributed by atoms with Crippen molar-refractivity contribution in [2.75, 3.05) is 11.5 Å². The van der Waals surface area contributed by atoms with Gasteiger partial charge in [0.2, 0.25) is 0 Å². The van der Waals surface area contributed by atoms with Crippen molar-refractivity contribution in [3.8, 4) is 0 Å². The second-order valence-electron chi connectivity index (χ2n) is 4.43. The van der Waals surface area contributed by atoms with E-state index in [9.17, 15) is 8.42 Å². The summed E-state index contributed by atoms with van der Waals surface area (Å²) in [6, 6.07) is -0.0615. The van der Waals surface area contributed by atoms with Gasteiger partial charge in [0.15, 0.2) is 0 Å². The highest BCUT2D eigenvalue weighted by molar-refractivity contribution is 7.91. The third-order valence-electron chi connectivity index (χ3n) is 2.98. The molecular weight excluding hydrogens is 284 g/mol. The van der Waals surface area contributed by atoms with Gasteiger partial charge in [0.1, 0.15) is 9.84 Å². The Balaban J connectivity index is 2.60. The van der Waals surface area contributed by atoms with Crippen LogP contribution >= 0.6 is 11.5 Å². The highest BCUT2D eigenvalue weighted by Crippen LogP contribution is 2.25. The summed E-state index contributed by atoms with van der Waals surface area (Å²) in [4.78, 5) is 1.03. The highest BCUT2D eigenvalue weighted by atomic mass is 32.2. The maximum absolute atomic E-state index is 11.5. The van der Waals surface area contributed by atoms with Crippen molar-refractivity contribution in [1.29, 1.82) is 0 Å². The summed E-state index contributed by atoms with van der Waals surface area (Å²) < 4.78 is 26.9. The van der Waals surface area contributed by atoms with Gasteiger partial charge in [-0.3, -0.25) is 11.3 Å². The van der Waals surface area contributed by atoms with Gasteiger partial charge in [0.25, 0.3) is 0 Å². The number of hydrogen-bond acceptors (Lipinski definition) is 7. The second kappa shape index (κ2) is 7.88. The van der Waals surface area contributed by atoms with Gasteiger partial charge in [-0.25, -0.2) is 8.42 Å². The van der Waals surface area contributed by atoms with E-state index in [0.29, 0.717) is 12.8 Å². The lowest BCUT2D eigenvalue weighted by atomic mass is 10.1. The first-order chi connectivity index (χ1) is 9.04. The normalized spacial score (nSPS) is 13.6. The lowest BCUT2D eigenvalue weighted by Crippen LogP contribution is -2.28. The summed E-state index contributed by atoms with van der Waals surface area (Å²) in [5.41, 5.74) is 3.71. The predicted octanol–water partition coefficient (Wildman–Crippen LogP) is 1.21. The van der Waals surface area contributed by atoms with E-state index < -0.39 is 9.84 Å². The predicted molar refractivity (Wildman–Crippen MR) is 77.5 cm³/mol. The molecule has 0 saturated carbocycles. The summed E-state index contributed by atoms with van der Waals surface area (Å²) in [5, 5.41) is 4.10. The molecule has 0 saturated heterocycles. The van der Waals surface area contributed by atoms with Crippen LogP contribution in [0.5, 0.6) is 0 Å². The molecule has 1 atom stereocenters. The number of hydrogen-bond donors (Lipinski definition) is 2. The Kier molecular flexibility index (Phi) is 6.84. The minimum atomic E-state index is -2.91. The SMILES string of the molecule is CCCc1nnsc1C(CCCS(=O)(=O)CC)NN. The van der Waals surface area contributed by atoms with Crippen molar-refractivity contribution < 1.29 is 8.42 Å². The molecule has 3 N–H and O–H groups in total. The molecule has 0 spiro atoms. The van der Waals surface area contributed by atoms with Crippen molar-refractivity contribution in [2.24, 2.45) is 5.84 Å². The number of nitrogens with one attached hydrogen (secondary N) is 1. The van der Waals surface area contributed by atoms with E-state index in [4.69, 9.17) is 5.84 Å². The molecule has 110 valence electrons. The zero-order valence-electron chi connectivity index (χ0n) is 11.4. The van der Waals surface area contributed by atoms with Crippen molar-refractivity contribution >= 4 is 21.4 Å². The van der Waals surface area contributed by atoms with E-state index in [1.165, 1.54) is 11.5 Å². The first-order valence-corrected chi connectivity index (χ1v) is 9.11. The number of hydrazine groups is 1. The molecule has 0 amide bonds. The number of aryl methyl sites for hydroxylation is 1. The van der Waals surface area contributed by atoms with E-state index in [-0.39, 0.29) is 17.5 Å². The average Bonchev–Trinajstić information content (AvgIpc) is 2.83. The fourth-order valence-electron chi connectivity index (χ4n) is 1.83. The Morgan fingerprint density at radius 3 is 2.74 bits per heavy atom. The van der Waals surface area contributed by atoms with Gasteiger partial charge in [-0.05, 0) is 30.8 Å². The van der Waals surface area contributed by atoms with Crippen molar-refractivity contribution in [3.63, 3.8) is 0 Å². The molecule has 1 unspecified atom stereocenters. The van der Waals surface area contributed by atoms with Gasteiger partial charge < -0.3 is 0 Å². The Bertz CT molecular complexity index is 473. The first kappa shape index (κ1) is 16.5. The van der Waals surface area contributed by atoms with E-state index >= 15 is 0 Å². The number of nitrogens with two attached hydrogens (primary N) is 1. The molecule has 0 radical (unpaired) electrons. The van der Waals surface area contributed by atoms with Gasteiger partial charge in [0.05, 0.1) is 22.4 Å². The molecule has 6 nitrogen and oxygen atoms in total. The maximum atomic E-state index is 11.5. The summed E-state index contributed by atoms with van der Waals surface area (Å²) in [6.45, 7) is 3.75. The Labute approximate surface area is 118 Å². The van der Waals surface area contributed by atoms with Crippen LogP contribution < -0.4 is 11.3 Å². The Hall–Kier alpha value is -0.570.